The van der Waals surface area contributed by atoms with Gasteiger partial charge in [-0.25, -0.2) is 4.98 Å². The summed E-state index contributed by atoms with van der Waals surface area (Å²) >= 11 is 0. The third-order valence-corrected chi connectivity index (χ3v) is 4.69. The number of fused-ring (bicyclic) bond motifs is 1. The Kier molecular flexibility index (Phi) is 3.64. The van der Waals surface area contributed by atoms with Gasteiger partial charge in [0.1, 0.15) is 11.6 Å². The van der Waals surface area contributed by atoms with Gasteiger partial charge >= 0.3 is 0 Å². The van der Waals surface area contributed by atoms with E-state index in [0.29, 0.717) is 0 Å². The normalized spacial score (nSPS) is 13.5. The van der Waals surface area contributed by atoms with Gasteiger partial charge in [0, 0.05) is 12.4 Å². The Balaban J connectivity index is 1.92. The van der Waals surface area contributed by atoms with Crippen molar-refractivity contribution in [2.24, 2.45) is 0 Å². The first-order chi connectivity index (χ1) is 11.6. The van der Waals surface area contributed by atoms with Crippen molar-refractivity contribution in [1.82, 2.24) is 9.55 Å². The van der Waals surface area contributed by atoms with Crippen molar-refractivity contribution in [2.75, 3.05) is 6.61 Å². The summed E-state index contributed by atoms with van der Waals surface area (Å²) in [6.07, 6.45) is 6.08. The summed E-state index contributed by atoms with van der Waals surface area (Å²) < 4.78 is 8.19. The largest absolute Gasteiger partial charge is 0.493 e. The molecular weight excluding hydrogens is 296 g/mol. The first-order valence-corrected chi connectivity index (χ1v) is 8.52. The van der Waals surface area contributed by atoms with Crippen molar-refractivity contribution in [1.29, 1.82) is 0 Å². The maximum Gasteiger partial charge on any atom is 0.148 e. The standard InChI is InChI=1S/C21H22N2O/c1-14-12-15(2)19(16(3)13-14)23-10-9-22-21(23)18-8-4-6-17-7-5-11-24-20(17)18/h4,6,8-10,12-13H,5,7,11H2,1-3H3. The van der Waals surface area contributed by atoms with Gasteiger partial charge in [-0.3, -0.25) is 4.57 Å². The molecule has 1 aliphatic heterocycles. The zero-order valence-electron chi connectivity index (χ0n) is 14.5. The molecule has 3 aromatic rings. The summed E-state index contributed by atoms with van der Waals surface area (Å²) in [4.78, 5) is 4.66. The predicted molar refractivity (Wildman–Crippen MR) is 97.0 cm³/mol. The van der Waals surface area contributed by atoms with Crippen molar-refractivity contribution in [3.8, 4) is 22.8 Å². The van der Waals surface area contributed by atoms with E-state index in [1.165, 1.54) is 27.9 Å². The molecule has 0 bridgehead atoms. The highest BCUT2D eigenvalue weighted by Gasteiger charge is 2.20. The second-order valence-electron chi connectivity index (χ2n) is 6.61. The van der Waals surface area contributed by atoms with Crippen LogP contribution in [0.5, 0.6) is 5.75 Å². The maximum absolute atomic E-state index is 6.00. The molecule has 0 saturated carbocycles. The van der Waals surface area contributed by atoms with Gasteiger partial charge in [-0.2, -0.15) is 0 Å². The van der Waals surface area contributed by atoms with E-state index in [4.69, 9.17) is 4.74 Å². The summed E-state index contributed by atoms with van der Waals surface area (Å²) in [5.74, 6) is 1.95. The second kappa shape index (κ2) is 5.82. The number of imidazole rings is 1. The van der Waals surface area contributed by atoms with E-state index < -0.39 is 0 Å². The summed E-state index contributed by atoms with van der Waals surface area (Å²) in [6, 6.07) is 10.8. The quantitative estimate of drug-likeness (QED) is 0.679. The van der Waals surface area contributed by atoms with Crippen molar-refractivity contribution in [3.63, 3.8) is 0 Å². The minimum atomic E-state index is 0.785. The fourth-order valence-electron chi connectivity index (χ4n) is 3.80. The first-order valence-electron chi connectivity index (χ1n) is 8.52. The molecule has 122 valence electrons. The van der Waals surface area contributed by atoms with Crippen molar-refractivity contribution in [2.45, 2.75) is 33.6 Å². The first kappa shape index (κ1) is 15.0. The van der Waals surface area contributed by atoms with E-state index in [0.717, 1.165) is 36.6 Å². The summed E-state index contributed by atoms with van der Waals surface area (Å²) in [5, 5.41) is 0. The zero-order valence-corrected chi connectivity index (χ0v) is 14.5. The van der Waals surface area contributed by atoms with Crippen LogP contribution in [-0.4, -0.2) is 16.2 Å². The Morgan fingerprint density at radius 1 is 1.08 bits per heavy atom. The van der Waals surface area contributed by atoms with Crippen LogP contribution in [-0.2, 0) is 6.42 Å². The Bertz CT molecular complexity index is 885. The molecule has 0 spiro atoms. The summed E-state index contributed by atoms with van der Waals surface area (Å²) in [7, 11) is 0. The van der Waals surface area contributed by atoms with Gasteiger partial charge in [-0.1, -0.05) is 29.8 Å². The number of aromatic nitrogens is 2. The van der Waals surface area contributed by atoms with Crippen LogP contribution in [0.4, 0.5) is 0 Å². The molecule has 3 nitrogen and oxygen atoms in total. The molecule has 0 fully saturated rings. The molecule has 3 heteroatoms. The molecule has 0 unspecified atom stereocenters. The Morgan fingerprint density at radius 3 is 2.67 bits per heavy atom. The zero-order chi connectivity index (χ0) is 16.7. The second-order valence-corrected chi connectivity index (χ2v) is 6.61. The maximum atomic E-state index is 6.00. The number of ether oxygens (including phenoxy) is 1. The molecule has 2 aromatic carbocycles. The molecule has 0 amide bonds. The predicted octanol–water partition coefficient (Wildman–Crippen LogP) is 4.79. The minimum absolute atomic E-state index is 0.785. The third kappa shape index (κ3) is 2.41. The minimum Gasteiger partial charge on any atom is -0.493 e. The van der Waals surface area contributed by atoms with Gasteiger partial charge in [0.05, 0.1) is 17.9 Å². The lowest BCUT2D eigenvalue weighted by Gasteiger charge is -2.21. The fraction of sp³-hybridized carbons (Fsp3) is 0.286. The van der Waals surface area contributed by atoms with Gasteiger partial charge in [0.15, 0.2) is 0 Å². The van der Waals surface area contributed by atoms with E-state index in [1.807, 2.05) is 12.4 Å². The highest BCUT2D eigenvalue weighted by molar-refractivity contribution is 5.70. The highest BCUT2D eigenvalue weighted by atomic mass is 16.5. The van der Waals surface area contributed by atoms with Crippen molar-refractivity contribution >= 4 is 0 Å². The van der Waals surface area contributed by atoms with Crippen molar-refractivity contribution < 1.29 is 4.74 Å². The van der Waals surface area contributed by atoms with Crippen LogP contribution in [0.15, 0.2) is 42.7 Å². The number of para-hydroxylation sites is 1. The van der Waals surface area contributed by atoms with Crippen LogP contribution in [0.1, 0.15) is 28.7 Å². The molecule has 0 N–H and O–H groups in total. The monoisotopic (exact) mass is 318 g/mol. The number of nitrogens with zero attached hydrogens (tertiary/aromatic N) is 2. The topological polar surface area (TPSA) is 27.1 Å². The Hall–Kier alpha value is -2.55. The molecule has 4 rings (SSSR count). The van der Waals surface area contributed by atoms with Crippen LogP contribution in [0.25, 0.3) is 17.1 Å². The molecule has 0 radical (unpaired) electrons. The number of hydrogen-bond acceptors (Lipinski definition) is 2. The Morgan fingerprint density at radius 2 is 1.88 bits per heavy atom. The van der Waals surface area contributed by atoms with Gasteiger partial charge in [0.2, 0.25) is 0 Å². The number of benzene rings is 2. The lowest BCUT2D eigenvalue weighted by molar-refractivity contribution is 0.289. The van der Waals surface area contributed by atoms with Crippen molar-refractivity contribution in [3.05, 3.63) is 65.0 Å². The average molecular weight is 318 g/mol. The van der Waals surface area contributed by atoms with E-state index >= 15 is 0 Å². The number of hydrogen-bond donors (Lipinski definition) is 0. The van der Waals surface area contributed by atoms with Crippen LogP contribution in [0, 0.1) is 20.8 Å². The molecule has 0 aliphatic carbocycles. The average Bonchev–Trinajstić information content (AvgIpc) is 3.02. The number of rotatable bonds is 2. The SMILES string of the molecule is Cc1cc(C)c(-n2ccnc2-c2cccc3c2OCCC3)c(C)c1. The van der Waals surface area contributed by atoms with E-state index in [2.05, 4.69) is 60.7 Å². The summed E-state index contributed by atoms with van der Waals surface area (Å²) in [6.45, 7) is 7.25. The van der Waals surface area contributed by atoms with Gasteiger partial charge in [-0.15, -0.1) is 0 Å². The number of aryl methyl sites for hydroxylation is 4. The fourth-order valence-corrected chi connectivity index (χ4v) is 3.80. The lowest BCUT2D eigenvalue weighted by atomic mass is 10.0. The molecule has 24 heavy (non-hydrogen) atoms. The Labute approximate surface area is 142 Å². The van der Waals surface area contributed by atoms with Crippen LogP contribution >= 0.6 is 0 Å². The molecule has 1 aromatic heterocycles. The molecular formula is C21H22N2O. The highest BCUT2D eigenvalue weighted by Crippen LogP contribution is 2.37. The molecule has 2 heterocycles. The smallest absolute Gasteiger partial charge is 0.148 e. The molecule has 0 atom stereocenters. The van der Waals surface area contributed by atoms with E-state index in [9.17, 15) is 0 Å². The van der Waals surface area contributed by atoms with Crippen LogP contribution in [0.2, 0.25) is 0 Å². The van der Waals surface area contributed by atoms with Gasteiger partial charge in [0.25, 0.3) is 0 Å². The van der Waals surface area contributed by atoms with Gasteiger partial charge in [-0.05, 0) is 56.4 Å². The molecule has 1 aliphatic rings. The van der Waals surface area contributed by atoms with Gasteiger partial charge < -0.3 is 4.74 Å². The summed E-state index contributed by atoms with van der Waals surface area (Å²) in [5.41, 5.74) is 7.38. The van der Waals surface area contributed by atoms with Crippen LogP contribution < -0.4 is 4.74 Å². The van der Waals surface area contributed by atoms with E-state index in [-0.39, 0.29) is 0 Å². The molecule has 0 saturated heterocycles. The third-order valence-electron chi connectivity index (χ3n) is 4.69. The van der Waals surface area contributed by atoms with E-state index in [1.54, 1.807) is 0 Å². The van der Waals surface area contributed by atoms with Crippen LogP contribution in [0.3, 0.4) is 0 Å². The lowest BCUT2D eigenvalue weighted by Crippen LogP contribution is -2.10.